The van der Waals surface area contributed by atoms with Crippen LogP contribution in [0.3, 0.4) is 0 Å². The highest BCUT2D eigenvalue weighted by Crippen LogP contribution is 2.38. The lowest BCUT2D eigenvalue weighted by atomic mass is 9.97. The second-order valence-corrected chi connectivity index (χ2v) is 12.1. The molecule has 2 saturated heterocycles. The molecule has 0 aliphatic carbocycles. The fraction of sp³-hybridized carbons (Fsp3) is 0.609. The first kappa shape index (κ1) is 22.9. The van der Waals surface area contributed by atoms with Crippen LogP contribution in [0, 0.1) is 5.41 Å². The van der Waals surface area contributed by atoms with Crippen molar-refractivity contribution >= 4 is 27.9 Å². The molecule has 2 fully saturated rings. The molecule has 1 unspecified atom stereocenters. The lowest BCUT2D eigenvalue weighted by Crippen LogP contribution is -2.48. The van der Waals surface area contributed by atoms with Gasteiger partial charge in [0.25, 0.3) is 0 Å². The van der Waals surface area contributed by atoms with E-state index in [1.54, 1.807) is 4.90 Å². The van der Waals surface area contributed by atoms with Gasteiger partial charge in [-0.05, 0) is 29.7 Å². The summed E-state index contributed by atoms with van der Waals surface area (Å²) in [6, 6.07) is 6.07. The summed E-state index contributed by atoms with van der Waals surface area (Å²) in [6.07, 6.45) is 5.82. The zero-order chi connectivity index (χ0) is 23.1. The molecule has 1 aromatic rings. The highest BCUT2D eigenvalue weighted by molar-refractivity contribution is 7.88. The molecule has 9 heteroatoms. The number of likely N-dealkylation sites (tertiary alicyclic amines) is 1. The molecule has 176 valence electrons. The molecule has 1 atom stereocenters. The van der Waals surface area contributed by atoms with Crippen LogP contribution in [0.5, 0.6) is 5.75 Å². The fourth-order valence-electron chi connectivity index (χ4n) is 4.28. The van der Waals surface area contributed by atoms with Gasteiger partial charge in [0, 0.05) is 50.4 Å². The molecular weight excluding hydrogens is 430 g/mol. The summed E-state index contributed by atoms with van der Waals surface area (Å²) in [5, 5.41) is 0. The lowest BCUT2D eigenvalue weighted by Gasteiger charge is -2.36. The van der Waals surface area contributed by atoms with Crippen LogP contribution in [-0.2, 0) is 14.8 Å². The average molecular weight is 464 g/mol. The van der Waals surface area contributed by atoms with Crippen molar-refractivity contribution in [3.63, 3.8) is 0 Å². The molecular formula is C23H33N3O5S. The molecule has 32 heavy (non-hydrogen) atoms. The maximum Gasteiger partial charge on any atom is 0.409 e. The number of amides is 1. The predicted molar refractivity (Wildman–Crippen MR) is 124 cm³/mol. The molecule has 0 saturated carbocycles. The summed E-state index contributed by atoms with van der Waals surface area (Å²) in [5.74, 6) is 0.802. The number of rotatable bonds is 3. The van der Waals surface area contributed by atoms with Gasteiger partial charge in [0.05, 0.1) is 19.4 Å². The van der Waals surface area contributed by atoms with Gasteiger partial charge in [0.1, 0.15) is 11.4 Å². The largest absolute Gasteiger partial charge is 0.481 e. The number of hydrogen-bond donors (Lipinski definition) is 0. The first-order valence-electron chi connectivity index (χ1n) is 11.1. The van der Waals surface area contributed by atoms with Crippen LogP contribution in [0.4, 0.5) is 10.5 Å². The summed E-state index contributed by atoms with van der Waals surface area (Å²) in [4.78, 5) is 16.4. The Morgan fingerprint density at radius 1 is 1.16 bits per heavy atom. The zero-order valence-corrected chi connectivity index (χ0v) is 20.2. The molecule has 8 nitrogen and oxygen atoms in total. The number of benzene rings is 1. The zero-order valence-electron chi connectivity index (χ0n) is 19.3. The Bertz CT molecular complexity index is 1010. The molecule has 3 aliphatic heterocycles. The van der Waals surface area contributed by atoms with E-state index < -0.39 is 15.6 Å². The highest BCUT2D eigenvalue weighted by Gasteiger charge is 2.42. The molecule has 4 rings (SSSR count). The number of fused-ring (bicyclic) bond motifs is 1. The van der Waals surface area contributed by atoms with Crippen molar-refractivity contribution in [2.24, 2.45) is 5.41 Å². The third-order valence-corrected chi connectivity index (χ3v) is 7.40. The van der Waals surface area contributed by atoms with E-state index in [1.807, 2.05) is 32.9 Å². The number of nitrogens with zero attached hydrogens (tertiary/aromatic N) is 3. The van der Waals surface area contributed by atoms with Crippen LogP contribution < -0.4 is 9.64 Å². The number of anilines is 1. The third-order valence-electron chi connectivity index (χ3n) is 6.10. The minimum atomic E-state index is -3.14. The molecule has 1 spiro atoms. The van der Waals surface area contributed by atoms with E-state index in [0.717, 1.165) is 23.4 Å². The van der Waals surface area contributed by atoms with Crippen LogP contribution in [0.25, 0.3) is 6.08 Å². The maximum absolute atomic E-state index is 12.4. The van der Waals surface area contributed by atoms with Crippen molar-refractivity contribution in [2.45, 2.75) is 32.8 Å². The number of sulfonamides is 1. The van der Waals surface area contributed by atoms with Gasteiger partial charge in [-0.3, -0.25) is 0 Å². The Morgan fingerprint density at radius 3 is 2.53 bits per heavy atom. The normalized spacial score (nSPS) is 23.9. The molecule has 0 radical (unpaired) electrons. The molecule has 3 aliphatic rings. The second-order valence-electron chi connectivity index (χ2n) is 10.2. The number of carbonyl (C=O) groups excluding carboxylic acids is 1. The van der Waals surface area contributed by atoms with Crippen LogP contribution in [-0.4, -0.2) is 81.4 Å². The topological polar surface area (TPSA) is 79.4 Å². The number of hydrogen-bond acceptors (Lipinski definition) is 6. The lowest BCUT2D eigenvalue weighted by molar-refractivity contribution is 0.0687. The Kier molecular flexibility index (Phi) is 5.92. The van der Waals surface area contributed by atoms with Crippen LogP contribution in [0.15, 0.2) is 24.3 Å². The van der Waals surface area contributed by atoms with Crippen molar-refractivity contribution < 1.29 is 22.7 Å². The van der Waals surface area contributed by atoms with Gasteiger partial charge in [-0.15, -0.1) is 0 Å². The van der Waals surface area contributed by atoms with Gasteiger partial charge in [-0.1, -0.05) is 26.8 Å². The minimum Gasteiger partial charge on any atom is -0.481 e. The van der Waals surface area contributed by atoms with Gasteiger partial charge in [-0.25, -0.2) is 13.2 Å². The Labute approximate surface area is 190 Å². The van der Waals surface area contributed by atoms with Crippen LogP contribution in [0.2, 0.25) is 0 Å². The van der Waals surface area contributed by atoms with E-state index >= 15 is 0 Å². The fourth-order valence-corrected chi connectivity index (χ4v) is 5.11. The maximum atomic E-state index is 12.4. The summed E-state index contributed by atoms with van der Waals surface area (Å²) in [7, 11) is -3.14. The minimum absolute atomic E-state index is 0.0671. The SMILES string of the molecule is CC(C)(C)COC(=O)N1CCC2(C=Cc3cc(N4CCN(S(C)(=O)=O)CC4)ccc3O2)C1. The van der Waals surface area contributed by atoms with Gasteiger partial charge in [0.15, 0.2) is 0 Å². The van der Waals surface area contributed by atoms with Crippen molar-refractivity contribution in [3.05, 3.63) is 29.8 Å². The highest BCUT2D eigenvalue weighted by atomic mass is 32.2. The van der Waals surface area contributed by atoms with Crippen molar-refractivity contribution in [1.29, 1.82) is 0 Å². The van der Waals surface area contributed by atoms with E-state index in [-0.39, 0.29) is 11.5 Å². The summed E-state index contributed by atoms with van der Waals surface area (Å²) in [5.41, 5.74) is 1.46. The third kappa shape index (κ3) is 5.04. The first-order chi connectivity index (χ1) is 14.9. The number of ether oxygens (including phenoxy) is 2. The smallest absolute Gasteiger partial charge is 0.409 e. The predicted octanol–water partition coefficient (Wildman–Crippen LogP) is 2.80. The summed E-state index contributed by atoms with van der Waals surface area (Å²) < 4.78 is 36.8. The molecule has 3 heterocycles. The molecule has 0 bridgehead atoms. The van der Waals surface area contributed by atoms with Gasteiger partial charge >= 0.3 is 6.09 Å². The summed E-state index contributed by atoms with van der Waals surface area (Å²) >= 11 is 0. The molecule has 1 aromatic carbocycles. The van der Waals surface area contributed by atoms with E-state index in [1.165, 1.54) is 10.6 Å². The Hall–Kier alpha value is -2.26. The van der Waals surface area contributed by atoms with Crippen molar-refractivity contribution in [1.82, 2.24) is 9.21 Å². The van der Waals surface area contributed by atoms with E-state index in [0.29, 0.717) is 45.9 Å². The van der Waals surface area contributed by atoms with Crippen LogP contribution in [0.1, 0.15) is 32.8 Å². The van der Waals surface area contributed by atoms with Crippen LogP contribution >= 0.6 is 0 Å². The second kappa shape index (κ2) is 8.26. The quantitative estimate of drug-likeness (QED) is 0.686. The monoisotopic (exact) mass is 463 g/mol. The standard InChI is InChI=1S/C23H33N3O5S/c1-22(2,3)17-30-21(27)25-10-9-23(16-25)8-7-18-15-19(5-6-20(18)31-23)24-11-13-26(14-12-24)32(4,28)29/h5-8,15H,9-14,16-17H2,1-4H3. The summed E-state index contributed by atoms with van der Waals surface area (Å²) in [6.45, 7) is 9.88. The molecule has 0 aromatic heterocycles. The van der Waals surface area contributed by atoms with E-state index in [2.05, 4.69) is 23.1 Å². The molecule has 1 amide bonds. The van der Waals surface area contributed by atoms with Gasteiger partial charge in [-0.2, -0.15) is 4.31 Å². The van der Waals surface area contributed by atoms with Crippen molar-refractivity contribution in [2.75, 3.05) is 57.0 Å². The average Bonchev–Trinajstić information content (AvgIpc) is 3.14. The Balaban J connectivity index is 1.39. The number of carbonyl (C=O) groups is 1. The van der Waals surface area contributed by atoms with E-state index in [4.69, 9.17) is 9.47 Å². The van der Waals surface area contributed by atoms with Gasteiger partial charge < -0.3 is 19.3 Å². The van der Waals surface area contributed by atoms with E-state index in [9.17, 15) is 13.2 Å². The number of piperazine rings is 1. The Morgan fingerprint density at radius 2 is 1.88 bits per heavy atom. The first-order valence-corrected chi connectivity index (χ1v) is 12.9. The molecule has 0 N–H and O–H groups in total. The van der Waals surface area contributed by atoms with Gasteiger partial charge in [0.2, 0.25) is 10.0 Å². The van der Waals surface area contributed by atoms with Crippen molar-refractivity contribution in [3.8, 4) is 5.75 Å².